The minimum absolute atomic E-state index is 0.0902. The highest BCUT2D eigenvalue weighted by Crippen LogP contribution is 2.26. The van der Waals surface area contributed by atoms with Crippen LogP contribution in [-0.2, 0) is 18.0 Å². The minimum atomic E-state index is -1.02. The Morgan fingerprint density at radius 1 is 1.14 bits per heavy atom. The Morgan fingerprint density at radius 2 is 1.95 bits per heavy atom. The number of aromatic nitrogens is 1. The molecule has 5 nitrogen and oxygen atoms in total. The molecule has 3 aromatic rings. The van der Waals surface area contributed by atoms with Crippen molar-refractivity contribution >= 4 is 16.9 Å². The van der Waals surface area contributed by atoms with E-state index < -0.39 is 5.97 Å². The highest BCUT2D eigenvalue weighted by molar-refractivity contribution is 6.03. The van der Waals surface area contributed by atoms with Gasteiger partial charge in [-0.1, -0.05) is 24.3 Å². The Labute approximate surface area is 120 Å². The van der Waals surface area contributed by atoms with Gasteiger partial charge in [-0.3, -0.25) is 4.98 Å². The number of rotatable bonds is 5. The number of aromatic carboxylic acids is 1. The van der Waals surface area contributed by atoms with Crippen LogP contribution in [0.2, 0.25) is 0 Å². The van der Waals surface area contributed by atoms with Crippen molar-refractivity contribution in [2.24, 2.45) is 0 Å². The number of carboxylic acid groups (broad SMARTS) is 1. The van der Waals surface area contributed by atoms with E-state index in [4.69, 9.17) is 9.15 Å². The van der Waals surface area contributed by atoms with E-state index in [1.165, 1.54) is 0 Å². The second-order valence-corrected chi connectivity index (χ2v) is 4.52. The van der Waals surface area contributed by atoms with E-state index in [1.807, 2.05) is 18.2 Å². The van der Waals surface area contributed by atoms with Crippen LogP contribution in [0.5, 0.6) is 0 Å². The number of nitrogens with zero attached hydrogens (tertiary/aromatic N) is 1. The molecule has 0 aliphatic heterocycles. The van der Waals surface area contributed by atoms with E-state index in [1.54, 1.807) is 30.5 Å². The first-order valence-electron chi connectivity index (χ1n) is 6.47. The van der Waals surface area contributed by atoms with Gasteiger partial charge in [0.25, 0.3) is 0 Å². The molecule has 1 N–H and O–H groups in total. The minimum Gasteiger partial charge on any atom is -0.478 e. The third kappa shape index (κ3) is 2.78. The van der Waals surface area contributed by atoms with Crippen LogP contribution in [0.1, 0.15) is 21.8 Å². The summed E-state index contributed by atoms with van der Waals surface area (Å²) >= 11 is 0. The average molecular weight is 283 g/mol. The van der Waals surface area contributed by atoms with Crippen molar-refractivity contribution in [1.82, 2.24) is 4.98 Å². The molecule has 0 fully saturated rings. The van der Waals surface area contributed by atoms with E-state index in [0.29, 0.717) is 23.3 Å². The van der Waals surface area contributed by atoms with Gasteiger partial charge in [-0.05, 0) is 18.2 Å². The molecule has 5 heteroatoms. The lowest BCUT2D eigenvalue weighted by molar-refractivity contribution is 0.0672. The van der Waals surface area contributed by atoms with Gasteiger partial charge < -0.3 is 14.3 Å². The topological polar surface area (TPSA) is 72.6 Å². The van der Waals surface area contributed by atoms with E-state index in [0.717, 1.165) is 5.69 Å². The van der Waals surface area contributed by atoms with Crippen LogP contribution >= 0.6 is 0 Å². The van der Waals surface area contributed by atoms with Crippen LogP contribution in [0.25, 0.3) is 11.0 Å². The van der Waals surface area contributed by atoms with Crippen molar-refractivity contribution in [2.75, 3.05) is 0 Å². The smallest absolute Gasteiger partial charge is 0.340 e. The lowest BCUT2D eigenvalue weighted by atomic mass is 10.1. The second kappa shape index (κ2) is 5.76. The van der Waals surface area contributed by atoms with Crippen molar-refractivity contribution in [3.8, 4) is 0 Å². The van der Waals surface area contributed by atoms with Gasteiger partial charge >= 0.3 is 5.97 Å². The molecular formula is C16H13NO4. The number of hydrogen-bond acceptors (Lipinski definition) is 4. The highest BCUT2D eigenvalue weighted by Gasteiger charge is 2.19. The SMILES string of the molecule is O=C(O)c1c(COCc2ccccn2)oc2ccccc12. The number of pyridine rings is 1. The van der Waals surface area contributed by atoms with Crippen LogP contribution in [0.3, 0.4) is 0 Å². The zero-order chi connectivity index (χ0) is 14.7. The molecular weight excluding hydrogens is 270 g/mol. The molecule has 0 spiro atoms. The van der Waals surface area contributed by atoms with Crippen molar-refractivity contribution < 1.29 is 19.1 Å². The third-order valence-electron chi connectivity index (χ3n) is 3.09. The number of benzene rings is 1. The number of carboxylic acids is 1. The number of para-hydroxylation sites is 1. The van der Waals surface area contributed by atoms with Gasteiger partial charge in [0.15, 0.2) is 0 Å². The van der Waals surface area contributed by atoms with E-state index in [-0.39, 0.29) is 12.2 Å². The lowest BCUT2D eigenvalue weighted by Gasteiger charge is -2.02. The summed E-state index contributed by atoms with van der Waals surface area (Å²) in [5, 5.41) is 9.93. The first-order valence-corrected chi connectivity index (χ1v) is 6.47. The number of carbonyl (C=O) groups is 1. The van der Waals surface area contributed by atoms with E-state index in [2.05, 4.69) is 4.98 Å². The molecule has 0 radical (unpaired) electrons. The maximum Gasteiger partial charge on any atom is 0.340 e. The highest BCUT2D eigenvalue weighted by atomic mass is 16.5. The summed E-state index contributed by atoms with van der Waals surface area (Å²) in [4.78, 5) is 15.5. The maximum absolute atomic E-state index is 11.4. The van der Waals surface area contributed by atoms with Crippen molar-refractivity contribution in [1.29, 1.82) is 0 Å². The molecule has 106 valence electrons. The Morgan fingerprint density at radius 3 is 2.71 bits per heavy atom. The largest absolute Gasteiger partial charge is 0.478 e. The predicted molar refractivity (Wildman–Crippen MR) is 75.9 cm³/mol. The zero-order valence-corrected chi connectivity index (χ0v) is 11.2. The van der Waals surface area contributed by atoms with Crippen LogP contribution < -0.4 is 0 Å². The molecule has 0 atom stereocenters. The summed E-state index contributed by atoms with van der Waals surface area (Å²) in [6, 6.07) is 12.6. The summed E-state index contributed by atoms with van der Waals surface area (Å²) in [6.07, 6.45) is 1.68. The fourth-order valence-electron chi connectivity index (χ4n) is 2.16. The molecule has 21 heavy (non-hydrogen) atoms. The van der Waals surface area contributed by atoms with Gasteiger partial charge in [0.2, 0.25) is 0 Å². The Balaban J connectivity index is 1.80. The molecule has 3 rings (SSSR count). The Kier molecular flexibility index (Phi) is 3.66. The fourth-order valence-corrected chi connectivity index (χ4v) is 2.16. The standard InChI is InChI=1S/C16H13NO4/c18-16(19)15-12-6-1-2-7-13(12)21-14(15)10-20-9-11-5-3-4-8-17-11/h1-8H,9-10H2,(H,18,19). The van der Waals surface area contributed by atoms with Gasteiger partial charge in [0, 0.05) is 11.6 Å². The molecule has 0 amide bonds. The second-order valence-electron chi connectivity index (χ2n) is 4.52. The molecule has 0 saturated carbocycles. The first kappa shape index (κ1) is 13.3. The summed E-state index contributed by atoms with van der Waals surface area (Å²) in [6.45, 7) is 0.393. The molecule has 0 saturated heterocycles. The average Bonchev–Trinajstić information content (AvgIpc) is 2.86. The molecule has 0 bridgehead atoms. The van der Waals surface area contributed by atoms with Crippen molar-refractivity contribution in [3.63, 3.8) is 0 Å². The van der Waals surface area contributed by atoms with Crippen LogP contribution in [0, 0.1) is 0 Å². The summed E-state index contributed by atoms with van der Waals surface area (Å²) in [5.41, 5.74) is 1.49. The lowest BCUT2D eigenvalue weighted by Crippen LogP contribution is -2.02. The predicted octanol–water partition coefficient (Wildman–Crippen LogP) is 3.24. The Hall–Kier alpha value is -2.66. The normalized spacial score (nSPS) is 10.9. The number of ether oxygens (including phenoxy) is 1. The van der Waals surface area contributed by atoms with Gasteiger partial charge in [-0.15, -0.1) is 0 Å². The molecule has 2 aromatic heterocycles. The van der Waals surface area contributed by atoms with Crippen molar-refractivity contribution in [3.05, 3.63) is 65.7 Å². The molecule has 0 unspecified atom stereocenters. The molecule has 1 aromatic carbocycles. The van der Waals surface area contributed by atoms with Gasteiger partial charge in [-0.25, -0.2) is 4.79 Å². The summed E-state index contributed by atoms with van der Waals surface area (Å²) in [7, 11) is 0. The summed E-state index contributed by atoms with van der Waals surface area (Å²) < 4.78 is 11.1. The van der Waals surface area contributed by atoms with Gasteiger partial charge in [0.05, 0.1) is 12.3 Å². The number of furan rings is 1. The van der Waals surface area contributed by atoms with Crippen LogP contribution in [0.15, 0.2) is 53.1 Å². The van der Waals surface area contributed by atoms with Crippen molar-refractivity contribution in [2.45, 2.75) is 13.2 Å². The summed E-state index contributed by atoms with van der Waals surface area (Å²) in [5.74, 6) is -0.698. The van der Waals surface area contributed by atoms with Crippen LogP contribution in [0.4, 0.5) is 0 Å². The fraction of sp³-hybridized carbons (Fsp3) is 0.125. The maximum atomic E-state index is 11.4. The quantitative estimate of drug-likeness (QED) is 0.778. The molecule has 0 aliphatic rings. The number of fused-ring (bicyclic) bond motifs is 1. The molecule has 2 heterocycles. The monoisotopic (exact) mass is 283 g/mol. The molecule has 0 aliphatic carbocycles. The van der Waals surface area contributed by atoms with Gasteiger partial charge in [0.1, 0.15) is 23.5 Å². The van der Waals surface area contributed by atoms with Gasteiger partial charge in [-0.2, -0.15) is 0 Å². The number of hydrogen-bond donors (Lipinski definition) is 1. The third-order valence-corrected chi connectivity index (χ3v) is 3.09. The first-order chi connectivity index (χ1) is 10.3. The Bertz CT molecular complexity index is 764. The zero-order valence-electron chi connectivity index (χ0n) is 11.2. The van der Waals surface area contributed by atoms with Crippen LogP contribution in [-0.4, -0.2) is 16.1 Å². The van der Waals surface area contributed by atoms with E-state index in [9.17, 15) is 9.90 Å². The van der Waals surface area contributed by atoms with E-state index >= 15 is 0 Å².